The quantitative estimate of drug-likeness (QED) is 0.494. The van der Waals surface area contributed by atoms with Crippen LogP contribution >= 0.6 is 0 Å². The number of ether oxygens (including phenoxy) is 3. The second kappa shape index (κ2) is 10.0. The van der Waals surface area contributed by atoms with Crippen LogP contribution in [0, 0.1) is 11.3 Å². The van der Waals surface area contributed by atoms with E-state index in [0.717, 1.165) is 42.7 Å². The van der Waals surface area contributed by atoms with Gasteiger partial charge in [0.2, 0.25) is 0 Å². The molecule has 4 nitrogen and oxygen atoms in total. The zero-order chi connectivity index (χ0) is 21.6. The van der Waals surface area contributed by atoms with Crippen molar-refractivity contribution >= 4 is 5.97 Å². The van der Waals surface area contributed by atoms with Gasteiger partial charge < -0.3 is 14.2 Å². The lowest BCUT2D eigenvalue weighted by Crippen LogP contribution is -2.30. The Hall–Kier alpha value is -2.49. The number of hydrogen-bond acceptors (Lipinski definition) is 4. The molecule has 162 valence electrons. The predicted molar refractivity (Wildman–Crippen MR) is 119 cm³/mol. The van der Waals surface area contributed by atoms with Gasteiger partial charge in [-0.1, -0.05) is 32.9 Å². The maximum absolute atomic E-state index is 12.6. The van der Waals surface area contributed by atoms with Crippen molar-refractivity contribution in [1.82, 2.24) is 0 Å². The summed E-state index contributed by atoms with van der Waals surface area (Å²) in [4.78, 5) is 12.6. The van der Waals surface area contributed by atoms with Crippen LogP contribution in [-0.2, 0) is 11.3 Å². The van der Waals surface area contributed by atoms with E-state index < -0.39 is 0 Å². The van der Waals surface area contributed by atoms with Gasteiger partial charge in [-0.3, -0.25) is 0 Å². The fourth-order valence-electron chi connectivity index (χ4n) is 4.02. The highest BCUT2D eigenvalue weighted by atomic mass is 16.5. The molecule has 0 aliphatic heterocycles. The molecule has 0 aromatic heterocycles. The van der Waals surface area contributed by atoms with Gasteiger partial charge in [-0.25, -0.2) is 4.79 Å². The summed E-state index contributed by atoms with van der Waals surface area (Å²) in [6, 6.07) is 15.1. The Kier molecular flexibility index (Phi) is 7.41. The van der Waals surface area contributed by atoms with Gasteiger partial charge >= 0.3 is 5.97 Å². The Labute approximate surface area is 180 Å². The molecule has 0 amide bonds. The van der Waals surface area contributed by atoms with Gasteiger partial charge in [-0.15, -0.1) is 0 Å². The summed E-state index contributed by atoms with van der Waals surface area (Å²) in [5, 5.41) is 0. The fraction of sp³-hybridized carbons (Fsp3) is 0.500. The number of carbonyl (C=O) groups excluding carboxylic acids is 1. The summed E-state index contributed by atoms with van der Waals surface area (Å²) >= 11 is 0. The second-order valence-corrected chi connectivity index (χ2v) is 9.14. The van der Waals surface area contributed by atoms with E-state index in [4.69, 9.17) is 14.2 Å². The lowest BCUT2D eigenvalue weighted by Gasteiger charge is -2.36. The van der Waals surface area contributed by atoms with E-state index in [-0.39, 0.29) is 12.1 Å². The van der Waals surface area contributed by atoms with Gasteiger partial charge in [0, 0.05) is 0 Å². The lowest BCUT2D eigenvalue weighted by atomic mass is 9.72. The average molecular weight is 411 g/mol. The summed E-state index contributed by atoms with van der Waals surface area (Å²) in [6.07, 6.45) is 4.18. The minimum Gasteiger partial charge on any atom is -0.494 e. The molecular formula is C26H34O4. The van der Waals surface area contributed by atoms with Crippen molar-refractivity contribution in [2.75, 3.05) is 6.61 Å². The Bertz CT molecular complexity index is 812. The Balaban J connectivity index is 1.51. The van der Waals surface area contributed by atoms with Crippen LogP contribution in [0.25, 0.3) is 0 Å². The first-order valence-corrected chi connectivity index (χ1v) is 11.0. The van der Waals surface area contributed by atoms with Crippen molar-refractivity contribution in [3.63, 3.8) is 0 Å². The molecule has 2 aromatic carbocycles. The van der Waals surface area contributed by atoms with Crippen LogP contribution in [0.2, 0.25) is 0 Å². The summed E-state index contributed by atoms with van der Waals surface area (Å²) in [6.45, 7) is 9.88. The normalized spacial score (nSPS) is 19.2. The highest BCUT2D eigenvalue weighted by Gasteiger charge is 2.31. The highest BCUT2D eigenvalue weighted by molar-refractivity contribution is 5.89. The molecular weight excluding hydrogens is 376 g/mol. The van der Waals surface area contributed by atoms with E-state index in [1.807, 2.05) is 55.5 Å². The minimum absolute atomic E-state index is 0.0276. The average Bonchev–Trinajstić information content (AvgIpc) is 2.73. The van der Waals surface area contributed by atoms with Crippen LogP contribution in [0.1, 0.15) is 69.3 Å². The first-order chi connectivity index (χ1) is 14.3. The van der Waals surface area contributed by atoms with Crippen LogP contribution in [0.15, 0.2) is 48.5 Å². The van der Waals surface area contributed by atoms with Crippen LogP contribution in [0.5, 0.6) is 11.5 Å². The maximum atomic E-state index is 12.6. The van der Waals surface area contributed by atoms with E-state index in [1.54, 1.807) is 0 Å². The first-order valence-electron chi connectivity index (χ1n) is 11.0. The fourth-order valence-corrected chi connectivity index (χ4v) is 4.02. The van der Waals surface area contributed by atoms with E-state index in [1.165, 1.54) is 0 Å². The number of esters is 1. The first kappa shape index (κ1) is 22.2. The molecule has 1 aliphatic carbocycles. The molecule has 0 unspecified atom stereocenters. The van der Waals surface area contributed by atoms with Crippen molar-refractivity contribution in [3.05, 3.63) is 59.7 Å². The molecule has 1 saturated carbocycles. The third-order valence-corrected chi connectivity index (χ3v) is 5.88. The van der Waals surface area contributed by atoms with Crippen LogP contribution < -0.4 is 9.47 Å². The van der Waals surface area contributed by atoms with Crippen molar-refractivity contribution < 1.29 is 19.0 Å². The zero-order valence-corrected chi connectivity index (χ0v) is 18.6. The molecule has 1 aliphatic rings. The predicted octanol–water partition coefficient (Wildman–Crippen LogP) is 6.43. The molecule has 0 saturated heterocycles. The van der Waals surface area contributed by atoms with Crippen molar-refractivity contribution in [2.45, 2.75) is 66.1 Å². The topological polar surface area (TPSA) is 44.8 Å². The van der Waals surface area contributed by atoms with Gasteiger partial charge in [0.15, 0.2) is 0 Å². The zero-order valence-electron chi connectivity index (χ0n) is 18.6. The molecule has 2 aromatic rings. The van der Waals surface area contributed by atoms with Gasteiger partial charge in [0.25, 0.3) is 0 Å². The van der Waals surface area contributed by atoms with E-state index in [9.17, 15) is 4.79 Å². The molecule has 0 atom stereocenters. The number of hydrogen-bond donors (Lipinski definition) is 0. The van der Waals surface area contributed by atoms with E-state index in [2.05, 4.69) is 20.8 Å². The molecule has 0 spiro atoms. The summed E-state index contributed by atoms with van der Waals surface area (Å²) in [7, 11) is 0. The second-order valence-electron chi connectivity index (χ2n) is 9.14. The standard InChI is InChI=1S/C26H34O4/c1-5-28-22-13-15-23(16-14-22)29-18-19-7-6-8-20(17-19)25(27)30-24-11-9-21(10-12-24)26(2,3)4/h6-8,13-17,21,24H,5,9-12,18H2,1-4H3. The molecule has 4 heteroatoms. The van der Waals surface area contributed by atoms with E-state index >= 15 is 0 Å². The van der Waals surface area contributed by atoms with Crippen LogP contribution in [0.4, 0.5) is 0 Å². The minimum atomic E-state index is -0.239. The SMILES string of the molecule is CCOc1ccc(OCc2cccc(C(=O)OC3CCC(C(C)(C)C)CC3)c2)cc1. The number of rotatable bonds is 7. The molecule has 0 heterocycles. The smallest absolute Gasteiger partial charge is 0.338 e. The van der Waals surface area contributed by atoms with Crippen LogP contribution in [-0.4, -0.2) is 18.7 Å². The molecule has 1 fully saturated rings. The largest absolute Gasteiger partial charge is 0.494 e. The van der Waals surface area contributed by atoms with Crippen molar-refractivity contribution in [1.29, 1.82) is 0 Å². The highest BCUT2D eigenvalue weighted by Crippen LogP contribution is 2.38. The van der Waals surface area contributed by atoms with Gasteiger partial charge in [0.05, 0.1) is 12.2 Å². The Morgan fingerprint density at radius 2 is 1.57 bits per heavy atom. The van der Waals surface area contributed by atoms with Gasteiger partial charge in [-0.05, 0) is 85.9 Å². The van der Waals surface area contributed by atoms with Crippen molar-refractivity contribution in [3.8, 4) is 11.5 Å². The molecule has 3 rings (SSSR count). The summed E-state index contributed by atoms with van der Waals surface area (Å²) < 4.78 is 17.1. The Morgan fingerprint density at radius 1 is 0.933 bits per heavy atom. The lowest BCUT2D eigenvalue weighted by molar-refractivity contribution is 0.00928. The van der Waals surface area contributed by atoms with Crippen molar-refractivity contribution in [2.24, 2.45) is 11.3 Å². The summed E-state index contributed by atoms with van der Waals surface area (Å²) in [5.74, 6) is 2.06. The summed E-state index contributed by atoms with van der Waals surface area (Å²) in [5.41, 5.74) is 1.85. The third-order valence-electron chi connectivity index (χ3n) is 5.88. The molecule has 30 heavy (non-hydrogen) atoms. The van der Waals surface area contributed by atoms with Crippen LogP contribution in [0.3, 0.4) is 0 Å². The monoisotopic (exact) mass is 410 g/mol. The maximum Gasteiger partial charge on any atom is 0.338 e. The van der Waals surface area contributed by atoms with E-state index in [0.29, 0.717) is 30.1 Å². The molecule has 0 N–H and O–H groups in total. The van der Waals surface area contributed by atoms with Gasteiger partial charge in [0.1, 0.15) is 24.2 Å². The Morgan fingerprint density at radius 3 is 2.17 bits per heavy atom. The number of carbonyl (C=O) groups is 1. The number of benzene rings is 2. The molecule has 0 radical (unpaired) electrons. The van der Waals surface area contributed by atoms with Gasteiger partial charge in [-0.2, -0.15) is 0 Å². The molecule has 0 bridgehead atoms. The third kappa shape index (κ3) is 6.25.